The summed E-state index contributed by atoms with van der Waals surface area (Å²) in [6, 6.07) is 1.88. The molecule has 0 aromatic carbocycles. The normalized spacial score (nSPS) is 9.89. The van der Waals surface area contributed by atoms with Crippen LogP contribution < -0.4 is 11.1 Å². The first-order valence-corrected chi connectivity index (χ1v) is 6.28. The molecule has 2 aromatic rings. The van der Waals surface area contributed by atoms with Crippen molar-refractivity contribution in [3.05, 3.63) is 22.7 Å². The lowest BCUT2D eigenvalue weighted by atomic mass is 10.2. The lowest BCUT2D eigenvalue weighted by molar-refractivity contribution is 0.0963. The molecule has 0 aliphatic heterocycles. The highest BCUT2D eigenvalue weighted by Gasteiger charge is 2.17. The van der Waals surface area contributed by atoms with E-state index >= 15 is 0 Å². The topological polar surface area (TPSA) is 68.0 Å². The number of hydrogen-bond donors (Lipinski definition) is 2. The summed E-state index contributed by atoms with van der Waals surface area (Å²) < 4.78 is 0. The highest BCUT2D eigenvalue weighted by atomic mass is 32.1. The summed E-state index contributed by atoms with van der Waals surface area (Å²) in [6.45, 7) is 4.01. The second-order valence-electron chi connectivity index (χ2n) is 3.76. The van der Waals surface area contributed by atoms with Crippen LogP contribution in [0.1, 0.15) is 22.2 Å². The lowest BCUT2D eigenvalue weighted by Crippen LogP contribution is -2.23. The zero-order chi connectivity index (χ0) is 13.1. The van der Waals surface area contributed by atoms with Gasteiger partial charge in [-0.15, -0.1) is 17.3 Å². The van der Waals surface area contributed by atoms with Gasteiger partial charge >= 0.3 is 0 Å². The number of carbonyl (C=O) groups excluding carboxylic acids is 1. The van der Waals surface area contributed by atoms with Crippen LogP contribution in [0.15, 0.2) is 12.3 Å². The Balaban J connectivity index is 2.39. The number of aromatic nitrogens is 1. The van der Waals surface area contributed by atoms with Crippen molar-refractivity contribution in [2.75, 3.05) is 12.3 Å². The number of nitrogen functional groups attached to an aromatic ring is 1. The summed E-state index contributed by atoms with van der Waals surface area (Å²) >= 11 is 1.31. The van der Waals surface area contributed by atoms with Gasteiger partial charge in [-0.05, 0) is 25.5 Å². The van der Waals surface area contributed by atoms with E-state index in [9.17, 15) is 4.79 Å². The summed E-state index contributed by atoms with van der Waals surface area (Å²) in [7, 11) is 0. The van der Waals surface area contributed by atoms with Crippen molar-refractivity contribution in [3.63, 3.8) is 0 Å². The van der Waals surface area contributed by atoms with Crippen molar-refractivity contribution in [2.45, 2.75) is 13.8 Å². The van der Waals surface area contributed by atoms with E-state index in [0.717, 1.165) is 15.8 Å². The number of nitrogens with zero attached hydrogens (tertiary/aromatic N) is 1. The van der Waals surface area contributed by atoms with Gasteiger partial charge in [0.1, 0.15) is 9.71 Å². The van der Waals surface area contributed by atoms with Gasteiger partial charge in [-0.2, -0.15) is 0 Å². The first kappa shape index (κ1) is 12.4. The number of nitrogens with one attached hydrogen (secondary N) is 1. The molecular weight excluding hydrogens is 246 g/mol. The highest BCUT2D eigenvalue weighted by Crippen LogP contribution is 2.33. The third-order valence-electron chi connectivity index (χ3n) is 2.56. The second-order valence-corrected chi connectivity index (χ2v) is 4.76. The minimum absolute atomic E-state index is 0.197. The molecule has 92 valence electrons. The van der Waals surface area contributed by atoms with E-state index in [1.165, 1.54) is 11.3 Å². The summed E-state index contributed by atoms with van der Waals surface area (Å²) in [5.74, 6) is 5.30. The van der Waals surface area contributed by atoms with E-state index in [1.54, 1.807) is 13.1 Å². The second kappa shape index (κ2) is 5.07. The minimum atomic E-state index is -0.197. The molecule has 2 heterocycles. The van der Waals surface area contributed by atoms with Crippen molar-refractivity contribution in [2.24, 2.45) is 0 Å². The van der Waals surface area contributed by atoms with Crippen LogP contribution in [0.25, 0.3) is 10.2 Å². The van der Waals surface area contributed by atoms with Crippen molar-refractivity contribution < 1.29 is 4.79 Å². The Morgan fingerprint density at radius 2 is 2.39 bits per heavy atom. The molecule has 0 atom stereocenters. The van der Waals surface area contributed by atoms with E-state index in [2.05, 4.69) is 22.1 Å². The molecule has 2 rings (SSSR count). The van der Waals surface area contributed by atoms with Gasteiger partial charge in [-0.25, -0.2) is 4.98 Å². The fraction of sp³-hybridized carbons (Fsp3) is 0.231. The molecule has 0 radical (unpaired) electrons. The van der Waals surface area contributed by atoms with Gasteiger partial charge in [0.15, 0.2) is 0 Å². The lowest BCUT2D eigenvalue weighted by Gasteiger charge is -2.00. The van der Waals surface area contributed by atoms with Crippen LogP contribution >= 0.6 is 11.3 Å². The molecule has 0 unspecified atom stereocenters. The van der Waals surface area contributed by atoms with E-state index in [-0.39, 0.29) is 5.91 Å². The van der Waals surface area contributed by atoms with E-state index in [1.807, 2.05) is 13.0 Å². The van der Waals surface area contributed by atoms with E-state index < -0.39 is 0 Å². The fourth-order valence-electron chi connectivity index (χ4n) is 1.67. The average molecular weight is 259 g/mol. The summed E-state index contributed by atoms with van der Waals surface area (Å²) in [5, 5.41) is 3.58. The van der Waals surface area contributed by atoms with Gasteiger partial charge in [-0.3, -0.25) is 4.79 Å². The Bertz CT molecular complexity index is 664. The monoisotopic (exact) mass is 259 g/mol. The van der Waals surface area contributed by atoms with E-state index in [4.69, 9.17) is 5.73 Å². The van der Waals surface area contributed by atoms with Gasteiger partial charge in [0.2, 0.25) is 0 Å². The minimum Gasteiger partial charge on any atom is -0.397 e. The third-order valence-corrected chi connectivity index (χ3v) is 3.67. The number of nitrogens with two attached hydrogens (primary N) is 1. The molecule has 0 saturated carbocycles. The molecule has 0 aliphatic rings. The van der Waals surface area contributed by atoms with Gasteiger partial charge in [0.05, 0.1) is 12.2 Å². The molecule has 0 saturated heterocycles. The highest BCUT2D eigenvalue weighted by molar-refractivity contribution is 7.21. The number of pyridine rings is 1. The molecule has 0 spiro atoms. The number of fused-ring (bicyclic) bond motifs is 1. The van der Waals surface area contributed by atoms with Crippen LogP contribution in [0.5, 0.6) is 0 Å². The maximum absolute atomic E-state index is 11.9. The summed E-state index contributed by atoms with van der Waals surface area (Å²) in [4.78, 5) is 17.5. The third kappa shape index (κ3) is 2.15. The summed E-state index contributed by atoms with van der Waals surface area (Å²) in [5.41, 5.74) is 7.55. The zero-order valence-electron chi connectivity index (χ0n) is 10.2. The number of carbonyl (C=O) groups is 1. The molecule has 0 bridgehead atoms. The zero-order valence-corrected chi connectivity index (χ0v) is 11.0. The van der Waals surface area contributed by atoms with E-state index in [0.29, 0.717) is 17.1 Å². The maximum Gasteiger partial charge on any atom is 0.264 e. The number of anilines is 1. The average Bonchev–Trinajstić information content (AvgIpc) is 2.68. The standard InChI is InChI=1S/C13H13N3OS/c1-3-4-6-15-12(17)11-10(14)9-8(2)5-7-16-13(9)18-11/h5,7H,6,14H2,1-2H3,(H,15,17). The Labute approximate surface area is 109 Å². The van der Waals surface area contributed by atoms with Crippen molar-refractivity contribution >= 4 is 33.1 Å². The molecule has 3 N–H and O–H groups in total. The molecular formula is C13H13N3OS. The predicted molar refractivity (Wildman–Crippen MR) is 74.6 cm³/mol. The Morgan fingerprint density at radius 3 is 3.06 bits per heavy atom. The van der Waals surface area contributed by atoms with Crippen molar-refractivity contribution in [1.29, 1.82) is 0 Å². The van der Waals surface area contributed by atoms with Crippen LogP contribution in [-0.4, -0.2) is 17.4 Å². The molecule has 2 aromatic heterocycles. The van der Waals surface area contributed by atoms with Gasteiger partial charge in [0, 0.05) is 11.6 Å². The van der Waals surface area contributed by atoms with Crippen LogP contribution in [0, 0.1) is 18.8 Å². The SMILES string of the molecule is CC#CCNC(=O)c1sc2nccc(C)c2c1N. The number of hydrogen-bond acceptors (Lipinski definition) is 4. The van der Waals surface area contributed by atoms with Crippen LogP contribution in [-0.2, 0) is 0 Å². The van der Waals surface area contributed by atoms with Gasteiger partial charge in [0.25, 0.3) is 5.91 Å². The van der Waals surface area contributed by atoms with Crippen LogP contribution in [0.2, 0.25) is 0 Å². The fourth-order valence-corrected chi connectivity index (χ4v) is 2.72. The number of rotatable bonds is 2. The predicted octanol–water partition coefficient (Wildman–Crippen LogP) is 1.94. The number of thiophene rings is 1. The quantitative estimate of drug-likeness (QED) is 0.810. The molecule has 0 aliphatic carbocycles. The Hall–Kier alpha value is -2.06. The first-order valence-electron chi connectivity index (χ1n) is 5.46. The first-order chi connectivity index (χ1) is 8.65. The Kier molecular flexibility index (Phi) is 3.49. The molecule has 1 amide bonds. The molecule has 18 heavy (non-hydrogen) atoms. The van der Waals surface area contributed by atoms with Crippen LogP contribution in [0.4, 0.5) is 5.69 Å². The molecule has 5 heteroatoms. The van der Waals surface area contributed by atoms with Gasteiger partial charge in [-0.1, -0.05) is 5.92 Å². The maximum atomic E-state index is 11.9. The number of aryl methyl sites for hydroxylation is 1. The molecule has 4 nitrogen and oxygen atoms in total. The summed E-state index contributed by atoms with van der Waals surface area (Å²) in [6.07, 6.45) is 1.72. The van der Waals surface area contributed by atoms with Crippen LogP contribution in [0.3, 0.4) is 0 Å². The largest absolute Gasteiger partial charge is 0.397 e. The Morgan fingerprint density at radius 1 is 1.61 bits per heavy atom. The van der Waals surface area contributed by atoms with Crippen molar-refractivity contribution in [1.82, 2.24) is 10.3 Å². The number of amides is 1. The molecule has 0 fully saturated rings. The smallest absolute Gasteiger partial charge is 0.264 e. The van der Waals surface area contributed by atoms with Gasteiger partial charge < -0.3 is 11.1 Å². The van der Waals surface area contributed by atoms with Crippen molar-refractivity contribution in [3.8, 4) is 11.8 Å².